The zero-order valence-corrected chi connectivity index (χ0v) is 21.1. The van der Waals surface area contributed by atoms with Gasteiger partial charge in [0.1, 0.15) is 23.7 Å². The highest BCUT2D eigenvalue weighted by atomic mass is 32.2. The molecule has 0 N–H and O–H groups in total. The van der Waals surface area contributed by atoms with Crippen LogP contribution in [0.15, 0.2) is 30.3 Å². The van der Waals surface area contributed by atoms with Crippen molar-refractivity contribution in [2.24, 2.45) is 0 Å². The number of nitrogens with zero attached hydrogens (tertiary/aromatic N) is 2. The first kappa shape index (κ1) is 25.1. The summed E-state index contributed by atoms with van der Waals surface area (Å²) < 4.78 is 57.3. The number of rotatable bonds is 8. The third kappa shape index (κ3) is 4.87. The number of esters is 1. The number of anilines is 2. The molecule has 5 rings (SSSR count). The van der Waals surface area contributed by atoms with Crippen molar-refractivity contribution in [3.63, 3.8) is 0 Å². The Hall–Kier alpha value is -2.53. The first-order valence-corrected chi connectivity index (χ1v) is 13.4. The van der Waals surface area contributed by atoms with Crippen molar-refractivity contribution < 1.29 is 32.2 Å². The van der Waals surface area contributed by atoms with Crippen LogP contribution < -0.4 is 9.04 Å². The zero-order chi connectivity index (χ0) is 25.2. The van der Waals surface area contributed by atoms with Crippen molar-refractivity contribution in [1.29, 1.82) is 0 Å². The van der Waals surface area contributed by atoms with E-state index in [4.69, 9.17) is 14.2 Å². The van der Waals surface area contributed by atoms with Crippen molar-refractivity contribution in [2.45, 2.75) is 44.1 Å². The van der Waals surface area contributed by atoms with E-state index < -0.39 is 23.1 Å². The average molecular weight is 518 g/mol. The topological polar surface area (TPSA) is 91.4 Å². The molecule has 3 atom stereocenters. The smallest absolute Gasteiger partial charge is 0.343 e. The molecule has 3 aliphatic heterocycles. The molecule has 3 unspecified atom stereocenters. The number of benzene rings is 2. The van der Waals surface area contributed by atoms with E-state index in [2.05, 4.69) is 4.90 Å². The highest BCUT2D eigenvalue weighted by Gasteiger charge is 2.39. The molecular formula is C26H30FN2O6S-. The molecule has 0 radical (unpaired) electrons. The molecule has 0 aliphatic carbocycles. The van der Waals surface area contributed by atoms with Crippen LogP contribution in [-0.4, -0.2) is 65.7 Å². The lowest BCUT2D eigenvalue weighted by atomic mass is 9.88. The Kier molecular flexibility index (Phi) is 7.57. The summed E-state index contributed by atoms with van der Waals surface area (Å²) in [5.74, 6) is -0.767. The minimum absolute atomic E-state index is 0.0388. The second-order valence-corrected chi connectivity index (χ2v) is 10.2. The second kappa shape index (κ2) is 10.8. The number of methoxy groups -OCH3 is 1. The SMILES string of the molecule is COC(=O)c1c(N(c2ccc(F)cc2CCCN2CCCC2)S(=O)[O-])ccc2c1OCC1OCCC21. The van der Waals surface area contributed by atoms with E-state index in [9.17, 15) is 17.9 Å². The van der Waals surface area contributed by atoms with Gasteiger partial charge >= 0.3 is 5.97 Å². The molecule has 36 heavy (non-hydrogen) atoms. The summed E-state index contributed by atoms with van der Waals surface area (Å²) >= 11 is -2.80. The van der Waals surface area contributed by atoms with Crippen molar-refractivity contribution in [3.8, 4) is 5.75 Å². The van der Waals surface area contributed by atoms with Crippen LogP contribution in [-0.2, 0) is 27.2 Å². The van der Waals surface area contributed by atoms with E-state index in [1.165, 1.54) is 38.2 Å². The van der Waals surface area contributed by atoms with Gasteiger partial charge in [0.25, 0.3) is 0 Å². The van der Waals surface area contributed by atoms with Crippen LogP contribution >= 0.6 is 0 Å². The minimum atomic E-state index is -2.80. The highest BCUT2D eigenvalue weighted by Crippen LogP contribution is 2.47. The van der Waals surface area contributed by atoms with E-state index >= 15 is 0 Å². The maximum absolute atomic E-state index is 14.3. The van der Waals surface area contributed by atoms with Crippen molar-refractivity contribution in [1.82, 2.24) is 4.90 Å². The number of hydrogen-bond donors (Lipinski definition) is 0. The van der Waals surface area contributed by atoms with Crippen LogP contribution in [0.1, 0.15) is 53.1 Å². The molecule has 2 aromatic carbocycles. The summed E-state index contributed by atoms with van der Waals surface area (Å²) in [5.41, 5.74) is 1.80. The fraction of sp³-hybridized carbons (Fsp3) is 0.500. The quantitative estimate of drug-likeness (QED) is 0.388. The number of likely N-dealkylation sites (tertiary alicyclic amines) is 1. The Morgan fingerprint density at radius 2 is 2.03 bits per heavy atom. The monoisotopic (exact) mass is 517 g/mol. The fourth-order valence-corrected chi connectivity index (χ4v) is 6.23. The Balaban J connectivity index is 1.54. The van der Waals surface area contributed by atoms with Gasteiger partial charge in [-0.2, -0.15) is 0 Å². The van der Waals surface area contributed by atoms with Crippen LogP contribution in [0, 0.1) is 5.82 Å². The van der Waals surface area contributed by atoms with Gasteiger partial charge in [0.15, 0.2) is 0 Å². The number of carbonyl (C=O) groups is 1. The molecule has 10 heteroatoms. The van der Waals surface area contributed by atoms with Gasteiger partial charge in [-0.25, -0.2) is 9.18 Å². The largest absolute Gasteiger partial charge is 0.755 e. The third-order valence-electron chi connectivity index (χ3n) is 7.30. The highest BCUT2D eigenvalue weighted by molar-refractivity contribution is 7.81. The van der Waals surface area contributed by atoms with Gasteiger partial charge in [0.2, 0.25) is 0 Å². The van der Waals surface area contributed by atoms with Crippen LogP contribution in [0.25, 0.3) is 0 Å². The third-order valence-corrected chi connectivity index (χ3v) is 8.00. The molecule has 0 bridgehead atoms. The predicted molar refractivity (Wildman–Crippen MR) is 132 cm³/mol. The lowest BCUT2D eigenvalue weighted by Gasteiger charge is -2.34. The van der Waals surface area contributed by atoms with Crippen molar-refractivity contribution in [2.75, 3.05) is 44.3 Å². The van der Waals surface area contributed by atoms with Gasteiger partial charge in [-0.15, -0.1) is 0 Å². The fourth-order valence-electron chi connectivity index (χ4n) is 5.58. The van der Waals surface area contributed by atoms with Gasteiger partial charge < -0.3 is 23.7 Å². The summed E-state index contributed by atoms with van der Waals surface area (Å²) in [6.07, 6.45) is 4.30. The molecule has 194 valence electrons. The summed E-state index contributed by atoms with van der Waals surface area (Å²) in [5, 5.41) is 0. The molecule has 2 saturated heterocycles. The van der Waals surface area contributed by atoms with Crippen LogP contribution in [0.4, 0.5) is 15.8 Å². The number of fused-ring (bicyclic) bond motifs is 3. The number of carbonyl (C=O) groups excluding carboxylic acids is 1. The van der Waals surface area contributed by atoms with Crippen LogP contribution in [0.2, 0.25) is 0 Å². The van der Waals surface area contributed by atoms with Crippen molar-refractivity contribution >= 4 is 28.6 Å². The minimum Gasteiger partial charge on any atom is -0.755 e. The molecule has 0 saturated carbocycles. The average Bonchev–Trinajstić information content (AvgIpc) is 3.56. The van der Waals surface area contributed by atoms with Crippen LogP contribution in [0.5, 0.6) is 5.75 Å². The Labute approximate surface area is 212 Å². The zero-order valence-electron chi connectivity index (χ0n) is 20.2. The molecule has 0 aromatic heterocycles. The van der Waals surface area contributed by atoms with Crippen LogP contribution in [0.3, 0.4) is 0 Å². The van der Waals surface area contributed by atoms with Gasteiger partial charge in [-0.1, -0.05) is 6.07 Å². The lowest BCUT2D eigenvalue weighted by Crippen LogP contribution is -2.31. The summed E-state index contributed by atoms with van der Waals surface area (Å²) in [6.45, 7) is 3.83. The number of ether oxygens (including phenoxy) is 3. The van der Waals surface area contributed by atoms with E-state index in [0.29, 0.717) is 30.0 Å². The molecule has 0 amide bonds. The molecule has 8 nitrogen and oxygen atoms in total. The van der Waals surface area contributed by atoms with E-state index in [1.807, 2.05) is 0 Å². The summed E-state index contributed by atoms with van der Waals surface area (Å²) in [7, 11) is 1.25. The maximum atomic E-state index is 14.3. The summed E-state index contributed by atoms with van der Waals surface area (Å²) in [4.78, 5) is 15.3. The standard InChI is InChI=1S/C26H31FN2O6S/c1-33-26(30)24-22(9-7-20-19-10-14-34-23(19)16-35-25(20)24)29(36(31)32)21-8-6-18(27)15-17(21)5-4-13-28-11-2-3-12-28/h6-9,15,19,23H,2-5,10-14,16H2,1H3,(H,31,32)/p-1. The molecule has 2 aromatic rings. The van der Waals surface area contributed by atoms with Gasteiger partial charge in [-0.05, 0) is 81.6 Å². The van der Waals surface area contributed by atoms with E-state index in [-0.39, 0.29) is 29.9 Å². The summed E-state index contributed by atoms with van der Waals surface area (Å²) in [6, 6.07) is 7.43. The lowest BCUT2D eigenvalue weighted by molar-refractivity contribution is 0.0469. The number of hydrogen-bond acceptors (Lipinski definition) is 7. The van der Waals surface area contributed by atoms with E-state index in [0.717, 1.165) is 42.3 Å². The predicted octanol–water partition coefficient (Wildman–Crippen LogP) is 3.84. The van der Waals surface area contributed by atoms with Gasteiger partial charge in [0.05, 0.1) is 35.9 Å². The maximum Gasteiger partial charge on any atom is 0.343 e. The van der Waals surface area contributed by atoms with Crippen molar-refractivity contribution in [3.05, 3.63) is 52.8 Å². The Morgan fingerprint density at radius 1 is 1.25 bits per heavy atom. The molecule has 3 aliphatic rings. The first-order valence-electron chi connectivity index (χ1n) is 12.4. The van der Waals surface area contributed by atoms with Gasteiger partial charge in [-0.3, -0.25) is 8.51 Å². The molecular weight excluding hydrogens is 487 g/mol. The number of halogens is 1. The van der Waals surface area contributed by atoms with Gasteiger partial charge in [0, 0.05) is 18.1 Å². The second-order valence-electron chi connectivity index (χ2n) is 9.42. The first-order chi connectivity index (χ1) is 17.5. The Bertz CT molecular complexity index is 1160. The Morgan fingerprint density at radius 3 is 2.78 bits per heavy atom. The molecule has 3 heterocycles. The normalized spacial score (nSPS) is 22.0. The molecule has 0 spiro atoms. The molecule has 2 fully saturated rings. The number of aryl methyl sites for hydroxylation is 1. The van der Waals surface area contributed by atoms with E-state index in [1.54, 1.807) is 12.1 Å².